The number of benzene rings is 3. The van der Waals surface area contributed by atoms with Gasteiger partial charge in [0.1, 0.15) is 11.5 Å². The summed E-state index contributed by atoms with van der Waals surface area (Å²) in [6, 6.07) is 18.7. The fraction of sp³-hybridized carbons (Fsp3) is 0.154. The van der Waals surface area contributed by atoms with Crippen molar-refractivity contribution < 1.29 is 23.9 Å². The summed E-state index contributed by atoms with van der Waals surface area (Å²) in [5.41, 5.74) is 4.48. The number of amides is 2. The van der Waals surface area contributed by atoms with Gasteiger partial charge in [-0.1, -0.05) is 34.1 Å². The lowest BCUT2D eigenvalue weighted by Crippen LogP contribution is -2.35. The summed E-state index contributed by atoms with van der Waals surface area (Å²) in [6.45, 7) is 3.98. The Morgan fingerprint density at radius 2 is 1.77 bits per heavy atom. The predicted octanol–water partition coefficient (Wildman–Crippen LogP) is 4.26. The summed E-state index contributed by atoms with van der Waals surface area (Å²) in [5.74, 6) is -0.485. The summed E-state index contributed by atoms with van der Waals surface area (Å²) < 4.78 is 11.6. The molecule has 3 aromatic rings. The van der Waals surface area contributed by atoms with Crippen LogP contribution in [0.3, 0.4) is 0 Å². The number of aryl methyl sites for hydroxylation is 1. The van der Waals surface area contributed by atoms with E-state index in [2.05, 4.69) is 31.8 Å². The van der Waals surface area contributed by atoms with E-state index in [1.807, 2.05) is 26.0 Å². The fourth-order valence-corrected chi connectivity index (χ4v) is 3.40. The minimum Gasteiger partial charge on any atom is -0.494 e. The van der Waals surface area contributed by atoms with Gasteiger partial charge in [-0.2, -0.15) is 5.10 Å². The zero-order valence-corrected chi connectivity index (χ0v) is 20.8. The molecule has 0 aromatic heterocycles. The van der Waals surface area contributed by atoms with Crippen LogP contribution in [0.5, 0.6) is 11.5 Å². The van der Waals surface area contributed by atoms with Crippen LogP contribution in [0.1, 0.15) is 38.8 Å². The highest BCUT2D eigenvalue weighted by atomic mass is 79.9. The standard InChI is InChI=1S/C26H24BrN3O5/c1-3-34-21-11-8-18(9-12-21)26(33)35-23-13-10-20(27)14-19(23)15-29-30-24(31)16-28-25(32)22-7-5-4-6-17(22)2/h4-15H,3,16H2,1-2H3,(H,28,32)(H,30,31)/b29-15+. The van der Waals surface area contributed by atoms with Gasteiger partial charge in [-0.15, -0.1) is 0 Å². The van der Waals surface area contributed by atoms with E-state index in [1.165, 1.54) is 6.21 Å². The van der Waals surface area contributed by atoms with Crippen molar-refractivity contribution in [2.75, 3.05) is 13.2 Å². The van der Waals surface area contributed by atoms with Crippen LogP contribution in [0.15, 0.2) is 76.3 Å². The number of nitrogens with one attached hydrogen (secondary N) is 2. The van der Waals surface area contributed by atoms with Crippen molar-refractivity contribution in [1.82, 2.24) is 10.7 Å². The molecule has 3 aromatic carbocycles. The minimum atomic E-state index is -0.548. The number of esters is 1. The first-order valence-electron chi connectivity index (χ1n) is 10.8. The molecule has 0 atom stereocenters. The first kappa shape index (κ1) is 25.6. The molecule has 0 radical (unpaired) electrons. The summed E-state index contributed by atoms with van der Waals surface area (Å²) >= 11 is 3.37. The molecular formula is C26H24BrN3O5. The second-order valence-corrected chi connectivity index (χ2v) is 8.24. The molecule has 0 spiro atoms. The second-order valence-electron chi connectivity index (χ2n) is 7.32. The van der Waals surface area contributed by atoms with Crippen LogP contribution in [0.25, 0.3) is 0 Å². The maximum Gasteiger partial charge on any atom is 0.343 e. The molecule has 180 valence electrons. The normalized spacial score (nSPS) is 10.6. The van der Waals surface area contributed by atoms with Gasteiger partial charge in [0.2, 0.25) is 0 Å². The lowest BCUT2D eigenvalue weighted by molar-refractivity contribution is -0.120. The third-order valence-electron chi connectivity index (χ3n) is 4.77. The Morgan fingerprint density at radius 1 is 1.03 bits per heavy atom. The number of hydrogen-bond donors (Lipinski definition) is 2. The van der Waals surface area contributed by atoms with Crippen LogP contribution in [0, 0.1) is 6.92 Å². The Bertz CT molecular complexity index is 1240. The van der Waals surface area contributed by atoms with E-state index >= 15 is 0 Å². The number of hydrazone groups is 1. The molecule has 0 fully saturated rings. The number of carbonyl (C=O) groups excluding carboxylic acids is 3. The molecule has 8 nitrogen and oxygen atoms in total. The Balaban J connectivity index is 1.59. The number of halogens is 1. The molecule has 0 saturated carbocycles. The average Bonchev–Trinajstić information content (AvgIpc) is 2.85. The molecule has 0 aliphatic carbocycles. The lowest BCUT2D eigenvalue weighted by Gasteiger charge is -2.09. The Labute approximate surface area is 211 Å². The number of ether oxygens (including phenoxy) is 2. The summed E-state index contributed by atoms with van der Waals surface area (Å²) in [6.07, 6.45) is 1.35. The van der Waals surface area contributed by atoms with Crippen molar-refractivity contribution in [3.8, 4) is 11.5 Å². The minimum absolute atomic E-state index is 0.247. The maximum absolute atomic E-state index is 12.6. The zero-order valence-electron chi connectivity index (χ0n) is 19.2. The summed E-state index contributed by atoms with van der Waals surface area (Å²) in [7, 11) is 0. The monoisotopic (exact) mass is 537 g/mol. The van der Waals surface area contributed by atoms with E-state index in [0.29, 0.717) is 29.0 Å². The highest BCUT2D eigenvalue weighted by Gasteiger charge is 2.13. The Morgan fingerprint density at radius 3 is 2.49 bits per heavy atom. The van der Waals surface area contributed by atoms with Gasteiger partial charge >= 0.3 is 5.97 Å². The largest absolute Gasteiger partial charge is 0.494 e. The summed E-state index contributed by atoms with van der Waals surface area (Å²) in [5, 5.41) is 6.47. The Hall–Kier alpha value is -3.98. The molecule has 9 heteroatoms. The molecule has 0 aliphatic rings. The fourth-order valence-electron chi connectivity index (χ4n) is 3.02. The van der Waals surface area contributed by atoms with Crippen molar-refractivity contribution in [3.63, 3.8) is 0 Å². The van der Waals surface area contributed by atoms with Crippen molar-refractivity contribution >= 4 is 39.9 Å². The van der Waals surface area contributed by atoms with Crippen LogP contribution in [0.4, 0.5) is 0 Å². The molecule has 0 heterocycles. The number of carbonyl (C=O) groups is 3. The van der Waals surface area contributed by atoms with Gasteiger partial charge in [-0.3, -0.25) is 9.59 Å². The molecular weight excluding hydrogens is 514 g/mol. The first-order valence-corrected chi connectivity index (χ1v) is 11.6. The van der Waals surface area contributed by atoms with Crippen molar-refractivity contribution in [3.05, 3.63) is 93.5 Å². The van der Waals surface area contributed by atoms with E-state index < -0.39 is 11.9 Å². The molecule has 2 amide bonds. The van der Waals surface area contributed by atoms with Gasteiger partial charge in [-0.05, 0) is 67.9 Å². The molecule has 0 saturated heterocycles. The zero-order chi connectivity index (χ0) is 25.2. The van der Waals surface area contributed by atoms with E-state index in [1.54, 1.807) is 54.6 Å². The van der Waals surface area contributed by atoms with Crippen molar-refractivity contribution in [1.29, 1.82) is 0 Å². The molecule has 0 bridgehead atoms. The Kier molecular flexibility index (Phi) is 9.14. The van der Waals surface area contributed by atoms with Crippen LogP contribution < -0.4 is 20.2 Å². The van der Waals surface area contributed by atoms with Crippen LogP contribution >= 0.6 is 15.9 Å². The smallest absolute Gasteiger partial charge is 0.343 e. The van der Waals surface area contributed by atoms with E-state index in [9.17, 15) is 14.4 Å². The third kappa shape index (κ3) is 7.51. The number of hydrogen-bond acceptors (Lipinski definition) is 6. The summed E-state index contributed by atoms with van der Waals surface area (Å²) in [4.78, 5) is 36.9. The van der Waals surface area contributed by atoms with Crippen LogP contribution in [0.2, 0.25) is 0 Å². The van der Waals surface area contributed by atoms with Gasteiger partial charge in [0.15, 0.2) is 0 Å². The SMILES string of the molecule is CCOc1ccc(C(=O)Oc2ccc(Br)cc2/C=N/NC(=O)CNC(=O)c2ccccc2C)cc1. The maximum atomic E-state index is 12.6. The quantitative estimate of drug-likeness (QED) is 0.183. The van der Waals surface area contributed by atoms with E-state index in [-0.39, 0.29) is 18.2 Å². The van der Waals surface area contributed by atoms with E-state index in [0.717, 1.165) is 10.0 Å². The predicted molar refractivity (Wildman–Crippen MR) is 136 cm³/mol. The van der Waals surface area contributed by atoms with Gasteiger partial charge in [0.25, 0.3) is 11.8 Å². The van der Waals surface area contributed by atoms with Crippen molar-refractivity contribution in [2.45, 2.75) is 13.8 Å². The lowest BCUT2D eigenvalue weighted by atomic mass is 10.1. The molecule has 0 aliphatic heterocycles. The number of nitrogens with zero attached hydrogens (tertiary/aromatic N) is 1. The molecule has 2 N–H and O–H groups in total. The van der Waals surface area contributed by atoms with E-state index in [4.69, 9.17) is 9.47 Å². The third-order valence-corrected chi connectivity index (χ3v) is 5.26. The second kappa shape index (κ2) is 12.5. The topological polar surface area (TPSA) is 106 Å². The van der Waals surface area contributed by atoms with Crippen molar-refractivity contribution in [2.24, 2.45) is 5.10 Å². The molecule has 0 unspecified atom stereocenters. The van der Waals surface area contributed by atoms with Gasteiger partial charge in [0.05, 0.1) is 24.9 Å². The van der Waals surface area contributed by atoms with Crippen LogP contribution in [-0.2, 0) is 4.79 Å². The average molecular weight is 538 g/mol. The first-order chi connectivity index (χ1) is 16.9. The molecule has 35 heavy (non-hydrogen) atoms. The number of rotatable bonds is 9. The molecule has 3 rings (SSSR count). The van der Waals surface area contributed by atoms with Crippen LogP contribution in [-0.4, -0.2) is 37.1 Å². The van der Waals surface area contributed by atoms with Gasteiger partial charge < -0.3 is 14.8 Å². The van der Waals surface area contributed by atoms with Gasteiger partial charge in [-0.25, -0.2) is 10.2 Å². The highest BCUT2D eigenvalue weighted by molar-refractivity contribution is 9.10. The highest BCUT2D eigenvalue weighted by Crippen LogP contribution is 2.23. The van der Waals surface area contributed by atoms with Gasteiger partial charge in [0, 0.05) is 15.6 Å².